The van der Waals surface area contributed by atoms with Crippen LogP contribution in [0.4, 0.5) is 25.0 Å². The molecule has 0 atom stereocenters. The topological polar surface area (TPSA) is 106 Å². The van der Waals surface area contributed by atoms with Crippen LogP contribution in [0.15, 0.2) is 42.6 Å². The van der Waals surface area contributed by atoms with Crippen molar-refractivity contribution in [1.82, 2.24) is 10.3 Å². The Morgan fingerprint density at radius 1 is 1.32 bits per heavy atom. The molecule has 10 heteroatoms. The Balaban J connectivity index is 2.00. The highest BCUT2D eigenvalue weighted by Gasteiger charge is 2.16. The van der Waals surface area contributed by atoms with E-state index in [0.717, 1.165) is 23.9 Å². The van der Waals surface area contributed by atoms with Gasteiger partial charge in [0.1, 0.15) is 5.75 Å². The number of hydrogen-bond acceptors (Lipinski definition) is 5. The highest BCUT2D eigenvalue weighted by molar-refractivity contribution is 5.91. The molecule has 8 nitrogen and oxygen atoms in total. The number of halogens is 2. The number of amides is 2. The van der Waals surface area contributed by atoms with Gasteiger partial charge in [0.25, 0.3) is 5.69 Å². The molecule has 1 aromatic carbocycles. The van der Waals surface area contributed by atoms with E-state index in [1.54, 1.807) is 24.4 Å². The molecule has 0 aliphatic rings. The van der Waals surface area contributed by atoms with Crippen molar-refractivity contribution in [2.24, 2.45) is 0 Å². The minimum atomic E-state index is -3.13. The first-order valence-corrected chi connectivity index (χ1v) is 7.13. The van der Waals surface area contributed by atoms with E-state index < -0.39 is 17.6 Å². The van der Waals surface area contributed by atoms with Gasteiger partial charge in [0.15, 0.2) is 0 Å². The first-order chi connectivity index (χ1) is 12.0. The zero-order chi connectivity index (χ0) is 18.2. The molecule has 0 aliphatic heterocycles. The van der Waals surface area contributed by atoms with E-state index in [1.165, 1.54) is 0 Å². The summed E-state index contributed by atoms with van der Waals surface area (Å²) in [6.07, 6.45) is 2.08. The quantitative estimate of drug-likeness (QED) is 0.588. The zero-order valence-electron chi connectivity index (χ0n) is 12.8. The van der Waals surface area contributed by atoms with Crippen LogP contribution in [-0.2, 0) is 6.42 Å². The molecule has 132 valence electrons. The number of aromatic nitrogens is 1. The molecule has 1 heterocycles. The Morgan fingerprint density at radius 3 is 2.76 bits per heavy atom. The van der Waals surface area contributed by atoms with Crippen LogP contribution in [0.25, 0.3) is 0 Å². The third-order valence-electron chi connectivity index (χ3n) is 3.03. The smallest absolute Gasteiger partial charge is 0.387 e. The van der Waals surface area contributed by atoms with Gasteiger partial charge in [-0.05, 0) is 18.2 Å². The number of carbonyl (C=O) groups excluding carboxylic acids is 1. The van der Waals surface area contributed by atoms with Crippen molar-refractivity contribution >= 4 is 17.4 Å². The minimum Gasteiger partial charge on any atom is -0.433 e. The van der Waals surface area contributed by atoms with Gasteiger partial charge in [-0.25, -0.2) is 4.79 Å². The summed E-state index contributed by atoms with van der Waals surface area (Å²) in [6, 6.07) is 7.58. The molecule has 25 heavy (non-hydrogen) atoms. The lowest BCUT2D eigenvalue weighted by molar-refractivity contribution is -0.384. The number of carbonyl (C=O) groups is 1. The molecule has 0 saturated carbocycles. The van der Waals surface area contributed by atoms with E-state index in [0.29, 0.717) is 6.42 Å². The van der Waals surface area contributed by atoms with E-state index in [9.17, 15) is 23.7 Å². The van der Waals surface area contributed by atoms with Crippen LogP contribution in [-0.4, -0.2) is 29.1 Å². The molecular formula is C15H14F2N4O4. The minimum absolute atomic E-state index is 0.232. The van der Waals surface area contributed by atoms with Crippen molar-refractivity contribution in [1.29, 1.82) is 0 Å². The number of anilines is 1. The molecule has 2 amide bonds. The molecule has 0 fully saturated rings. The maximum Gasteiger partial charge on any atom is 0.387 e. The molecule has 0 bridgehead atoms. The highest BCUT2D eigenvalue weighted by Crippen LogP contribution is 2.30. The van der Waals surface area contributed by atoms with Crippen LogP contribution in [0.5, 0.6) is 5.75 Å². The molecule has 2 aromatic rings. The van der Waals surface area contributed by atoms with Gasteiger partial charge in [-0.15, -0.1) is 0 Å². The lowest BCUT2D eigenvalue weighted by Crippen LogP contribution is -2.30. The van der Waals surface area contributed by atoms with Crippen molar-refractivity contribution in [3.8, 4) is 5.75 Å². The van der Waals surface area contributed by atoms with Crippen LogP contribution in [0.1, 0.15) is 5.69 Å². The van der Waals surface area contributed by atoms with Crippen molar-refractivity contribution in [2.45, 2.75) is 13.0 Å². The molecule has 2 N–H and O–H groups in total. The molecule has 0 aliphatic carbocycles. The second-order valence-corrected chi connectivity index (χ2v) is 4.77. The number of rotatable bonds is 7. The number of non-ortho nitro benzene ring substituents is 1. The standard InChI is InChI=1S/C15H14F2N4O4/c16-14(17)25-13-5-4-11(21(23)24)9-12(13)20-15(22)19-8-6-10-3-1-2-7-18-10/h1-5,7,9,14H,6,8H2,(H2,19,20,22). The van der Waals surface area contributed by atoms with Gasteiger partial charge in [-0.1, -0.05) is 6.07 Å². The fraction of sp³-hybridized carbons (Fsp3) is 0.200. The normalized spacial score (nSPS) is 10.4. The summed E-state index contributed by atoms with van der Waals surface area (Å²) < 4.78 is 29.0. The molecular weight excluding hydrogens is 338 g/mol. The Hall–Kier alpha value is -3.30. The largest absolute Gasteiger partial charge is 0.433 e. The number of hydrogen-bond donors (Lipinski definition) is 2. The molecule has 0 saturated heterocycles. The van der Waals surface area contributed by atoms with Gasteiger partial charge in [0, 0.05) is 37.0 Å². The lowest BCUT2D eigenvalue weighted by atomic mass is 10.2. The van der Waals surface area contributed by atoms with E-state index in [2.05, 4.69) is 20.4 Å². The van der Waals surface area contributed by atoms with Crippen LogP contribution in [0, 0.1) is 10.1 Å². The van der Waals surface area contributed by atoms with Crippen molar-refractivity contribution < 1.29 is 23.2 Å². The molecule has 1 aromatic heterocycles. The first-order valence-electron chi connectivity index (χ1n) is 7.13. The van der Waals surface area contributed by atoms with Gasteiger partial charge in [-0.2, -0.15) is 8.78 Å². The van der Waals surface area contributed by atoms with Crippen LogP contribution >= 0.6 is 0 Å². The predicted molar refractivity (Wildman–Crippen MR) is 84.7 cm³/mol. The summed E-state index contributed by atoms with van der Waals surface area (Å²) in [6.45, 7) is -2.89. The van der Waals surface area contributed by atoms with Crippen molar-refractivity contribution in [2.75, 3.05) is 11.9 Å². The second-order valence-electron chi connectivity index (χ2n) is 4.77. The van der Waals surface area contributed by atoms with Crippen molar-refractivity contribution in [3.63, 3.8) is 0 Å². The highest BCUT2D eigenvalue weighted by atomic mass is 19.3. The molecule has 0 unspecified atom stereocenters. The van der Waals surface area contributed by atoms with E-state index >= 15 is 0 Å². The maximum absolute atomic E-state index is 12.4. The predicted octanol–water partition coefficient (Wildman–Crippen LogP) is 2.96. The second kappa shape index (κ2) is 8.52. The molecule has 0 radical (unpaired) electrons. The Labute approximate surface area is 141 Å². The number of urea groups is 1. The SMILES string of the molecule is O=C(NCCc1ccccn1)Nc1cc([N+](=O)[O-])ccc1OC(F)F. The number of nitrogens with zero attached hydrogens (tertiary/aromatic N) is 2. The summed E-state index contributed by atoms with van der Waals surface area (Å²) in [7, 11) is 0. The summed E-state index contributed by atoms with van der Waals surface area (Å²) in [5.74, 6) is -0.375. The van der Waals surface area contributed by atoms with Gasteiger partial charge >= 0.3 is 12.6 Å². The monoisotopic (exact) mass is 352 g/mol. The van der Waals surface area contributed by atoms with Gasteiger partial charge in [0.05, 0.1) is 10.6 Å². The van der Waals surface area contributed by atoms with E-state index in [1.807, 2.05) is 0 Å². The summed E-state index contributed by atoms with van der Waals surface area (Å²) in [4.78, 5) is 26.0. The Morgan fingerprint density at radius 2 is 2.12 bits per heavy atom. The lowest BCUT2D eigenvalue weighted by Gasteiger charge is -2.12. The van der Waals surface area contributed by atoms with E-state index in [-0.39, 0.29) is 23.7 Å². The summed E-state index contributed by atoms with van der Waals surface area (Å²) >= 11 is 0. The maximum atomic E-state index is 12.4. The van der Waals surface area contributed by atoms with Gasteiger partial charge in [0.2, 0.25) is 0 Å². The molecule has 2 rings (SSSR count). The number of pyridine rings is 1. The Bertz CT molecular complexity index is 744. The number of nitro benzene ring substituents is 1. The third-order valence-corrected chi connectivity index (χ3v) is 3.03. The average molecular weight is 352 g/mol. The van der Waals surface area contributed by atoms with E-state index in [4.69, 9.17) is 0 Å². The van der Waals surface area contributed by atoms with Crippen LogP contribution < -0.4 is 15.4 Å². The van der Waals surface area contributed by atoms with Crippen molar-refractivity contribution in [3.05, 3.63) is 58.4 Å². The van der Waals surface area contributed by atoms with Gasteiger partial charge < -0.3 is 15.4 Å². The van der Waals surface area contributed by atoms with Crippen LogP contribution in [0.3, 0.4) is 0 Å². The fourth-order valence-corrected chi connectivity index (χ4v) is 1.94. The summed E-state index contributed by atoms with van der Waals surface area (Å²) in [5.41, 5.74) is 0.162. The number of nitrogens with one attached hydrogen (secondary N) is 2. The Kier molecular flexibility index (Phi) is 6.15. The van der Waals surface area contributed by atoms with Gasteiger partial charge in [-0.3, -0.25) is 15.1 Å². The average Bonchev–Trinajstić information content (AvgIpc) is 2.57. The number of alkyl halides is 2. The first kappa shape index (κ1) is 18.0. The number of ether oxygens (including phenoxy) is 1. The fourth-order valence-electron chi connectivity index (χ4n) is 1.94. The summed E-state index contributed by atoms with van der Waals surface area (Å²) in [5, 5.41) is 15.6. The molecule has 0 spiro atoms. The number of benzene rings is 1. The number of nitro groups is 1. The zero-order valence-corrected chi connectivity index (χ0v) is 12.8. The van der Waals surface area contributed by atoms with Crippen LogP contribution in [0.2, 0.25) is 0 Å². The third kappa shape index (κ3) is 5.68.